The number of esters is 1. The second kappa shape index (κ2) is 7.28. The maximum absolute atomic E-state index is 12.4. The number of aromatic nitrogens is 1. The molecule has 0 saturated heterocycles. The highest BCUT2D eigenvalue weighted by molar-refractivity contribution is 9.10. The summed E-state index contributed by atoms with van der Waals surface area (Å²) in [4.78, 5) is 12.4. The maximum Gasteiger partial charge on any atom is 0.335 e. The number of carbonyl (C=O) groups is 1. The molecule has 0 aliphatic carbocycles. The number of aryl methyl sites for hydroxylation is 1. The first kappa shape index (κ1) is 17.5. The minimum absolute atomic E-state index is 0.314. The monoisotopic (exact) mass is 397 g/mol. The van der Waals surface area contributed by atoms with Crippen molar-refractivity contribution in [1.29, 1.82) is 0 Å². The third-order valence-corrected chi connectivity index (χ3v) is 5.28. The van der Waals surface area contributed by atoms with E-state index in [4.69, 9.17) is 4.74 Å². The summed E-state index contributed by atoms with van der Waals surface area (Å²) in [5, 5.41) is 1.21. The molecule has 3 aromatic rings. The molecule has 0 radical (unpaired) electrons. The predicted molar refractivity (Wildman–Crippen MR) is 106 cm³/mol. The van der Waals surface area contributed by atoms with Crippen molar-refractivity contribution in [2.24, 2.45) is 0 Å². The van der Waals surface area contributed by atoms with Gasteiger partial charge in [0.05, 0.1) is 19.2 Å². The molecule has 0 spiro atoms. The van der Waals surface area contributed by atoms with Gasteiger partial charge >= 0.3 is 5.97 Å². The van der Waals surface area contributed by atoms with Gasteiger partial charge < -0.3 is 9.30 Å². The standard InChI is InChI=1S/C21H20BrNO2/c1-14-15(2)23(20-11-7-5-9-18(14)20)13-17(21(24)25-3)12-16-8-4-6-10-19(16)22/h4-12H,13H2,1-3H3/b17-12+. The minimum atomic E-state index is -0.314. The molecule has 1 heterocycles. The molecular formula is C21H20BrNO2. The zero-order valence-corrected chi connectivity index (χ0v) is 16.1. The first-order chi connectivity index (χ1) is 12.0. The van der Waals surface area contributed by atoms with Crippen LogP contribution in [-0.2, 0) is 16.1 Å². The van der Waals surface area contributed by atoms with Gasteiger partial charge in [0.25, 0.3) is 0 Å². The first-order valence-electron chi connectivity index (χ1n) is 8.10. The lowest BCUT2D eigenvalue weighted by Crippen LogP contribution is -2.12. The molecule has 0 amide bonds. The lowest BCUT2D eigenvalue weighted by atomic mass is 10.1. The van der Waals surface area contributed by atoms with Gasteiger partial charge in [-0.2, -0.15) is 0 Å². The van der Waals surface area contributed by atoms with Gasteiger partial charge in [0, 0.05) is 21.1 Å². The number of benzene rings is 2. The van der Waals surface area contributed by atoms with Crippen LogP contribution in [0.4, 0.5) is 0 Å². The fraction of sp³-hybridized carbons (Fsp3) is 0.190. The summed E-state index contributed by atoms with van der Waals surface area (Å²) < 4.78 is 8.14. The predicted octanol–water partition coefficient (Wildman–Crippen LogP) is 5.28. The van der Waals surface area contributed by atoms with Gasteiger partial charge in [-0.25, -0.2) is 4.79 Å². The number of ether oxygens (including phenoxy) is 1. The number of carbonyl (C=O) groups excluding carboxylic acids is 1. The highest BCUT2D eigenvalue weighted by Crippen LogP contribution is 2.27. The highest BCUT2D eigenvalue weighted by atomic mass is 79.9. The number of fused-ring (bicyclic) bond motifs is 1. The number of halogens is 1. The van der Waals surface area contributed by atoms with Crippen LogP contribution in [0.5, 0.6) is 0 Å². The Kier molecular flexibility index (Phi) is 5.09. The summed E-state index contributed by atoms with van der Waals surface area (Å²) in [6.07, 6.45) is 1.89. The smallest absolute Gasteiger partial charge is 0.335 e. The van der Waals surface area contributed by atoms with Crippen molar-refractivity contribution in [2.75, 3.05) is 7.11 Å². The zero-order valence-electron chi connectivity index (χ0n) is 14.5. The lowest BCUT2D eigenvalue weighted by molar-refractivity contribution is -0.136. The van der Waals surface area contributed by atoms with Crippen LogP contribution in [0.2, 0.25) is 0 Å². The molecule has 0 N–H and O–H groups in total. The Morgan fingerprint density at radius 3 is 2.52 bits per heavy atom. The number of para-hydroxylation sites is 1. The molecule has 0 saturated carbocycles. The number of hydrogen-bond acceptors (Lipinski definition) is 2. The van der Waals surface area contributed by atoms with Crippen LogP contribution in [0.25, 0.3) is 17.0 Å². The molecule has 1 aromatic heterocycles. The Morgan fingerprint density at radius 1 is 1.12 bits per heavy atom. The third-order valence-electron chi connectivity index (χ3n) is 4.56. The zero-order chi connectivity index (χ0) is 18.0. The molecule has 2 aromatic carbocycles. The molecule has 25 heavy (non-hydrogen) atoms. The highest BCUT2D eigenvalue weighted by Gasteiger charge is 2.16. The van der Waals surface area contributed by atoms with Gasteiger partial charge in [-0.15, -0.1) is 0 Å². The van der Waals surface area contributed by atoms with E-state index in [1.807, 2.05) is 42.5 Å². The number of rotatable bonds is 4. The van der Waals surface area contributed by atoms with Crippen LogP contribution >= 0.6 is 15.9 Å². The van der Waals surface area contributed by atoms with Gasteiger partial charge in [0.1, 0.15) is 0 Å². The van der Waals surface area contributed by atoms with Crippen LogP contribution in [-0.4, -0.2) is 17.6 Å². The molecule has 128 valence electrons. The van der Waals surface area contributed by atoms with Crippen molar-refractivity contribution < 1.29 is 9.53 Å². The van der Waals surface area contributed by atoms with Crippen molar-refractivity contribution in [3.63, 3.8) is 0 Å². The molecule has 3 rings (SSSR count). The topological polar surface area (TPSA) is 31.2 Å². The van der Waals surface area contributed by atoms with E-state index in [0.717, 1.165) is 21.2 Å². The molecule has 0 atom stereocenters. The summed E-state index contributed by atoms with van der Waals surface area (Å²) in [6.45, 7) is 4.67. The van der Waals surface area contributed by atoms with E-state index in [1.165, 1.54) is 18.1 Å². The second-order valence-electron chi connectivity index (χ2n) is 6.00. The van der Waals surface area contributed by atoms with Crippen LogP contribution in [0.1, 0.15) is 16.8 Å². The van der Waals surface area contributed by atoms with Crippen LogP contribution in [0, 0.1) is 13.8 Å². The molecule has 0 aliphatic heterocycles. The van der Waals surface area contributed by atoms with Crippen molar-refractivity contribution in [1.82, 2.24) is 4.57 Å². The normalized spacial score (nSPS) is 11.8. The van der Waals surface area contributed by atoms with Crippen molar-refractivity contribution in [3.05, 3.63) is 75.4 Å². The van der Waals surface area contributed by atoms with Crippen molar-refractivity contribution >= 4 is 38.9 Å². The van der Waals surface area contributed by atoms with E-state index >= 15 is 0 Å². The maximum atomic E-state index is 12.4. The summed E-state index contributed by atoms with van der Waals surface area (Å²) in [7, 11) is 1.42. The fourth-order valence-corrected chi connectivity index (χ4v) is 3.46. The van der Waals surface area contributed by atoms with E-state index in [9.17, 15) is 4.79 Å². The molecule has 0 fully saturated rings. The Balaban J connectivity index is 2.10. The molecule has 4 heteroatoms. The Morgan fingerprint density at radius 2 is 1.80 bits per heavy atom. The van der Waals surface area contributed by atoms with Crippen LogP contribution in [0.15, 0.2) is 58.6 Å². The van der Waals surface area contributed by atoms with Crippen molar-refractivity contribution in [2.45, 2.75) is 20.4 Å². The first-order valence-corrected chi connectivity index (χ1v) is 8.90. The van der Waals surface area contributed by atoms with E-state index in [0.29, 0.717) is 12.1 Å². The minimum Gasteiger partial charge on any atom is -0.466 e. The number of methoxy groups -OCH3 is 1. The SMILES string of the molecule is COC(=O)/C(=C/c1ccccc1Br)Cn1c(C)c(C)c2ccccc21. The average molecular weight is 398 g/mol. The second-order valence-corrected chi connectivity index (χ2v) is 6.85. The quantitative estimate of drug-likeness (QED) is 0.443. The Hall–Kier alpha value is -2.33. The van der Waals surface area contributed by atoms with Crippen molar-refractivity contribution in [3.8, 4) is 0 Å². The summed E-state index contributed by atoms with van der Waals surface area (Å²) >= 11 is 3.54. The Bertz CT molecular complexity index is 969. The molecular weight excluding hydrogens is 378 g/mol. The fourth-order valence-electron chi connectivity index (χ4n) is 3.06. The largest absolute Gasteiger partial charge is 0.466 e. The molecule has 0 bridgehead atoms. The van der Waals surface area contributed by atoms with E-state index < -0.39 is 0 Å². The summed E-state index contributed by atoms with van der Waals surface area (Å²) in [6, 6.07) is 16.1. The van der Waals surface area contributed by atoms with E-state index in [2.05, 4.69) is 46.5 Å². The van der Waals surface area contributed by atoms with Gasteiger partial charge in [-0.3, -0.25) is 0 Å². The lowest BCUT2D eigenvalue weighted by Gasteiger charge is -2.12. The van der Waals surface area contributed by atoms with Crippen LogP contribution < -0.4 is 0 Å². The Labute approximate surface area is 156 Å². The average Bonchev–Trinajstić information content (AvgIpc) is 2.87. The molecule has 3 nitrogen and oxygen atoms in total. The summed E-state index contributed by atoms with van der Waals surface area (Å²) in [5.74, 6) is -0.314. The third kappa shape index (κ3) is 3.40. The molecule has 0 aliphatic rings. The number of nitrogens with zero attached hydrogens (tertiary/aromatic N) is 1. The van der Waals surface area contributed by atoms with Gasteiger partial charge in [0.2, 0.25) is 0 Å². The van der Waals surface area contributed by atoms with E-state index in [1.54, 1.807) is 0 Å². The summed E-state index contributed by atoms with van der Waals surface area (Å²) in [5.41, 5.74) is 5.08. The van der Waals surface area contributed by atoms with E-state index in [-0.39, 0.29) is 5.97 Å². The van der Waals surface area contributed by atoms with Crippen LogP contribution in [0.3, 0.4) is 0 Å². The number of hydrogen-bond donors (Lipinski definition) is 0. The van der Waals surface area contributed by atoms with Gasteiger partial charge in [0.15, 0.2) is 0 Å². The van der Waals surface area contributed by atoms with Gasteiger partial charge in [-0.1, -0.05) is 52.3 Å². The molecule has 0 unspecified atom stereocenters. The van der Waals surface area contributed by atoms with Gasteiger partial charge in [-0.05, 0) is 43.2 Å².